The van der Waals surface area contributed by atoms with Gasteiger partial charge < -0.3 is 9.47 Å². The van der Waals surface area contributed by atoms with Crippen LogP contribution in [-0.2, 0) is 14.3 Å². The number of ether oxygens (including phenoxy) is 2. The maximum absolute atomic E-state index is 11.7. The Kier molecular flexibility index (Phi) is 7.03. The van der Waals surface area contributed by atoms with E-state index in [2.05, 4.69) is 0 Å². The van der Waals surface area contributed by atoms with Gasteiger partial charge in [0.05, 0.1) is 25.2 Å². The van der Waals surface area contributed by atoms with E-state index in [4.69, 9.17) is 9.47 Å². The molecule has 19 heavy (non-hydrogen) atoms. The molecule has 0 bridgehead atoms. The minimum absolute atomic E-state index is 0.219. The normalized spacial score (nSPS) is 10.0. The Hall–Kier alpha value is -1.49. The van der Waals surface area contributed by atoms with Gasteiger partial charge in [-0.1, -0.05) is 12.1 Å². The van der Waals surface area contributed by atoms with Crippen LogP contribution in [0, 0.1) is 0 Å². The molecule has 0 atom stereocenters. The Morgan fingerprint density at radius 2 is 1.79 bits per heavy atom. The molecule has 0 amide bonds. The van der Waals surface area contributed by atoms with Crippen molar-refractivity contribution in [2.24, 2.45) is 0 Å². The predicted molar refractivity (Wildman–Crippen MR) is 74.4 cm³/mol. The topological polar surface area (TPSA) is 52.6 Å². The van der Waals surface area contributed by atoms with Gasteiger partial charge in [-0.15, -0.1) is 11.8 Å². The Labute approximate surface area is 117 Å². The number of benzene rings is 1. The van der Waals surface area contributed by atoms with Crippen LogP contribution in [0.4, 0.5) is 0 Å². The smallest absolute Gasteiger partial charge is 0.339 e. The number of thioether (sulfide) groups is 1. The fourth-order valence-electron chi connectivity index (χ4n) is 1.45. The fraction of sp³-hybridized carbons (Fsp3) is 0.429. The monoisotopic (exact) mass is 282 g/mol. The minimum Gasteiger partial charge on any atom is -0.466 e. The van der Waals surface area contributed by atoms with Gasteiger partial charge in [-0.05, 0) is 26.0 Å². The third kappa shape index (κ3) is 5.34. The van der Waals surface area contributed by atoms with Crippen LogP contribution in [0.15, 0.2) is 29.2 Å². The van der Waals surface area contributed by atoms with Crippen molar-refractivity contribution in [2.75, 3.05) is 19.0 Å². The average Bonchev–Trinajstić information content (AvgIpc) is 2.40. The van der Waals surface area contributed by atoms with Crippen molar-refractivity contribution in [2.45, 2.75) is 25.2 Å². The van der Waals surface area contributed by atoms with E-state index in [1.54, 1.807) is 26.0 Å². The molecule has 1 aromatic carbocycles. The minimum atomic E-state index is -0.332. The molecule has 0 spiro atoms. The van der Waals surface area contributed by atoms with E-state index in [1.165, 1.54) is 11.8 Å². The van der Waals surface area contributed by atoms with Gasteiger partial charge in [-0.3, -0.25) is 4.79 Å². The highest BCUT2D eigenvalue weighted by molar-refractivity contribution is 7.99. The maximum atomic E-state index is 11.7. The van der Waals surface area contributed by atoms with Crippen LogP contribution >= 0.6 is 11.8 Å². The van der Waals surface area contributed by atoms with Crippen LogP contribution < -0.4 is 0 Å². The Morgan fingerprint density at radius 1 is 1.11 bits per heavy atom. The first-order valence-corrected chi connectivity index (χ1v) is 7.22. The molecular formula is C14H18O4S. The summed E-state index contributed by atoms with van der Waals surface area (Å²) in [5, 5.41) is 0. The van der Waals surface area contributed by atoms with Crippen molar-refractivity contribution < 1.29 is 19.1 Å². The summed E-state index contributed by atoms with van der Waals surface area (Å²) < 4.78 is 9.84. The standard InChI is InChI=1S/C14H18O4S/c1-3-17-13(15)9-10-19-12-8-6-5-7-11(12)14(16)18-4-2/h5-8H,3-4,9-10H2,1-2H3. The van der Waals surface area contributed by atoms with Crippen LogP contribution in [0.25, 0.3) is 0 Å². The Balaban J connectivity index is 2.58. The molecule has 0 aliphatic carbocycles. The highest BCUT2D eigenvalue weighted by Crippen LogP contribution is 2.24. The molecule has 0 fully saturated rings. The SMILES string of the molecule is CCOC(=O)CCSc1ccccc1C(=O)OCC. The lowest BCUT2D eigenvalue weighted by molar-refractivity contribution is -0.142. The lowest BCUT2D eigenvalue weighted by Crippen LogP contribution is -2.07. The summed E-state index contributed by atoms with van der Waals surface area (Å²) >= 11 is 1.45. The van der Waals surface area contributed by atoms with Gasteiger partial charge in [0.25, 0.3) is 0 Å². The summed E-state index contributed by atoms with van der Waals surface area (Å²) in [6.07, 6.45) is 0.329. The average molecular weight is 282 g/mol. The van der Waals surface area contributed by atoms with Gasteiger partial charge in [0.15, 0.2) is 0 Å². The molecule has 0 saturated carbocycles. The molecule has 5 heteroatoms. The zero-order valence-corrected chi connectivity index (χ0v) is 12.0. The van der Waals surface area contributed by atoms with E-state index in [1.807, 2.05) is 12.1 Å². The summed E-state index contributed by atoms with van der Waals surface area (Å²) in [4.78, 5) is 23.8. The molecule has 104 valence electrons. The molecule has 0 aliphatic heterocycles. The number of hydrogen-bond acceptors (Lipinski definition) is 5. The number of hydrogen-bond donors (Lipinski definition) is 0. The molecular weight excluding hydrogens is 264 g/mol. The first-order valence-electron chi connectivity index (χ1n) is 6.23. The van der Waals surface area contributed by atoms with Gasteiger partial charge in [0, 0.05) is 10.6 Å². The molecule has 1 aromatic rings. The quantitative estimate of drug-likeness (QED) is 0.568. The zero-order chi connectivity index (χ0) is 14.1. The third-order valence-corrected chi connectivity index (χ3v) is 3.33. The summed E-state index contributed by atoms with van der Waals surface area (Å²) in [5.74, 6) is 0.0280. The van der Waals surface area contributed by atoms with Gasteiger partial charge in [0.1, 0.15) is 0 Å². The van der Waals surface area contributed by atoms with Crippen LogP contribution in [0.5, 0.6) is 0 Å². The number of rotatable bonds is 7. The van der Waals surface area contributed by atoms with Crippen molar-refractivity contribution in [1.29, 1.82) is 0 Å². The van der Waals surface area contributed by atoms with Crippen LogP contribution in [0.3, 0.4) is 0 Å². The fourth-order valence-corrected chi connectivity index (χ4v) is 2.42. The summed E-state index contributed by atoms with van der Waals surface area (Å²) in [6, 6.07) is 7.23. The molecule has 1 rings (SSSR count). The van der Waals surface area contributed by atoms with Crippen molar-refractivity contribution >= 4 is 23.7 Å². The van der Waals surface area contributed by atoms with Crippen LogP contribution in [-0.4, -0.2) is 30.9 Å². The second kappa shape index (κ2) is 8.58. The van der Waals surface area contributed by atoms with E-state index in [9.17, 15) is 9.59 Å². The lowest BCUT2D eigenvalue weighted by Gasteiger charge is -2.08. The lowest BCUT2D eigenvalue weighted by atomic mass is 10.2. The Bertz CT molecular complexity index is 431. The second-order valence-electron chi connectivity index (χ2n) is 3.62. The van der Waals surface area contributed by atoms with E-state index in [0.717, 1.165) is 4.90 Å². The highest BCUT2D eigenvalue weighted by atomic mass is 32.2. The van der Waals surface area contributed by atoms with Crippen molar-refractivity contribution in [3.63, 3.8) is 0 Å². The molecule has 0 aromatic heterocycles. The number of carbonyl (C=O) groups is 2. The maximum Gasteiger partial charge on any atom is 0.339 e. The summed E-state index contributed by atoms with van der Waals surface area (Å²) in [6.45, 7) is 4.29. The van der Waals surface area contributed by atoms with Gasteiger partial charge in [-0.2, -0.15) is 0 Å². The zero-order valence-electron chi connectivity index (χ0n) is 11.2. The third-order valence-electron chi connectivity index (χ3n) is 2.25. The first-order chi connectivity index (χ1) is 9.19. The molecule has 0 N–H and O–H groups in total. The van der Waals surface area contributed by atoms with Gasteiger partial charge in [0.2, 0.25) is 0 Å². The van der Waals surface area contributed by atoms with E-state index < -0.39 is 0 Å². The number of carbonyl (C=O) groups excluding carboxylic acids is 2. The molecule has 0 radical (unpaired) electrons. The van der Waals surface area contributed by atoms with Crippen molar-refractivity contribution in [3.8, 4) is 0 Å². The Morgan fingerprint density at radius 3 is 2.47 bits per heavy atom. The number of esters is 2. The molecule has 0 saturated heterocycles. The molecule has 0 unspecified atom stereocenters. The van der Waals surface area contributed by atoms with E-state index >= 15 is 0 Å². The second-order valence-corrected chi connectivity index (χ2v) is 4.76. The predicted octanol–water partition coefficient (Wildman–Crippen LogP) is 2.91. The van der Waals surface area contributed by atoms with Crippen LogP contribution in [0.1, 0.15) is 30.6 Å². The molecule has 4 nitrogen and oxygen atoms in total. The van der Waals surface area contributed by atoms with Crippen molar-refractivity contribution in [1.82, 2.24) is 0 Å². The largest absolute Gasteiger partial charge is 0.466 e. The van der Waals surface area contributed by atoms with Crippen LogP contribution in [0.2, 0.25) is 0 Å². The summed E-state index contributed by atoms with van der Waals surface area (Å²) in [5.41, 5.74) is 0.540. The van der Waals surface area contributed by atoms with Gasteiger partial charge >= 0.3 is 11.9 Å². The van der Waals surface area contributed by atoms with E-state index in [0.29, 0.717) is 31.0 Å². The molecule has 0 aliphatic rings. The summed E-state index contributed by atoms with van der Waals surface area (Å²) in [7, 11) is 0. The first kappa shape index (κ1) is 15.6. The van der Waals surface area contributed by atoms with Gasteiger partial charge in [-0.25, -0.2) is 4.79 Å². The van der Waals surface area contributed by atoms with Crippen molar-refractivity contribution in [3.05, 3.63) is 29.8 Å². The molecule has 0 heterocycles. The van der Waals surface area contributed by atoms with E-state index in [-0.39, 0.29) is 11.9 Å². The highest BCUT2D eigenvalue weighted by Gasteiger charge is 2.12.